The fourth-order valence-electron chi connectivity index (χ4n) is 2.52. The molecule has 0 unspecified atom stereocenters. The van der Waals surface area contributed by atoms with E-state index in [0.717, 1.165) is 16.8 Å². The van der Waals surface area contributed by atoms with Crippen LogP contribution in [0.2, 0.25) is 0 Å². The van der Waals surface area contributed by atoms with Crippen LogP contribution in [0, 0.1) is 12.7 Å². The third kappa shape index (κ3) is 4.36. The van der Waals surface area contributed by atoms with Gasteiger partial charge in [-0.2, -0.15) is 0 Å². The van der Waals surface area contributed by atoms with Gasteiger partial charge in [0.1, 0.15) is 11.1 Å². The summed E-state index contributed by atoms with van der Waals surface area (Å²) in [5, 5.41) is 8.70. The summed E-state index contributed by atoms with van der Waals surface area (Å²) in [6.45, 7) is 5.88. The van der Waals surface area contributed by atoms with Gasteiger partial charge >= 0.3 is 5.97 Å². The van der Waals surface area contributed by atoms with E-state index in [-0.39, 0.29) is 11.8 Å². The Morgan fingerprint density at radius 1 is 1.15 bits per heavy atom. The third-order valence-corrected chi connectivity index (χ3v) is 4.95. The highest BCUT2D eigenvalue weighted by atomic mass is 32.2. The number of halogens is 1. The molecule has 0 aliphatic carbocycles. The second-order valence-electron chi connectivity index (χ2n) is 6.00. The molecule has 7 heteroatoms. The minimum atomic E-state index is -0.431. The van der Waals surface area contributed by atoms with Crippen molar-refractivity contribution < 1.29 is 13.9 Å². The van der Waals surface area contributed by atoms with Crippen molar-refractivity contribution in [3.8, 4) is 17.1 Å². The van der Waals surface area contributed by atoms with Crippen molar-refractivity contribution in [1.29, 1.82) is 0 Å². The molecule has 0 saturated heterocycles. The molecule has 140 valence electrons. The minimum Gasteiger partial charge on any atom is -0.465 e. The van der Waals surface area contributed by atoms with Crippen molar-refractivity contribution in [3.63, 3.8) is 0 Å². The van der Waals surface area contributed by atoms with Crippen LogP contribution < -0.4 is 0 Å². The molecule has 5 nitrogen and oxygen atoms in total. The van der Waals surface area contributed by atoms with Crippen molar-refractivity contribution in [2.45, 2.75) is 31.2 Å². The molecule has 0 aliphatic rings. The van der Waals surface area contributed by atoms with E-state index in [1.807, 2.05) is 35.8 Å². The molecule has 0 amide bonds. The summed E-state index contributed by atoms with van der Waals surface area (Å²) >= 11 is 1.28. The first kappa shape index (κ1) is 19.1. The maximum absolute atomic E-state index is 13.3. The van der Waals surface area contributed by atoms with E-state index < -0.39 is 5.25 Å². The second-order valence-corrected chi connectivity index (χ2v) is 7.30. The molecular weight excluding hydrogens is 365 g/mol. The maximum Gasteiger partial charge on any atom is 0.319 e. The van der Waals surface area contributed by atoms with Gasteiger partial charge < -0.3 is 4.74 Å². The molecule has 2 aromatic carbocycles. The van der Waals surface area contributed by atoms with E-state index in [4.69, 9.17) is 4.74 Å². The predicted molar refractivity (Wildman–Crippen MR) is 103 cm³/mol. The van der Waals surface area contributed by atoms with Crippen molar-refractivity contribution in [1.82, 2.24) is 14.8 Å². The summed E-state index contributed by atoms with van der Waals surface area (Å²) < 4.78 is 20.3. The highest BCUT2D eigenvalue weighted by Crippen LogP contribution is 2.30. The van der Waals surface area contributed by atoms with Gasteiger partial charge in [0.2, 0.25) is 0 Å². The van der Waals surface area contributed by atoms with E-state index in [2.05, 4.69) is 10.2 Å². The van der Waals surface area contributed by atoms with Crippen LogP contribution in [0.4, 0.5) is 4.39 Å². The van der Waals surface area contributed by atoms with Crippen LogP contribution in [-0.4, -0.2) is 32.6 Å². The number of carbonyl (C=O) groups is 1. The molecule has 27 heavy (non-hydrogen) atoms. The number of nitrogens with zero attached hydrogens (tertiary/aromatic N) is 3. The molecule has 0 spiro atoms. The Morgan fingerprint density at radius 3 is 2.44 bits per heavy atom. The molecule has 1 aromatic heterocycles. The summed E-state index contributed by atoms with van der Waals surface area (Å²) in [5.74, 6) is -0.0348. The zero-order valence-electron chi connectivity index (χ0n) is 15.3. The SMILES string of the molecule is CCOC(=O)[C@H](C)Sc1nnc(-c2ccc(F)cc2)n1-c1ccc(C)cc1. The van der Waals surface area contributed by atoms with Gasteiger partial charge in [-0.3, -0.25) is 9.36 Å². The van der Waals surface area contributed by atoms with Crippen molar-refractivity contribution in [2.75, 3.05) is 6.61 Å². The number of ether oxygens (including phenoxy) is 1. The second kappa shape index (κ2) is 8.35. The highest BCUT2D eigenvalue weighted by molar-refractivity contribution is 8.00. The number of benzene rings is 2. The van der Waals surface area contributed by atoms with Gasteiger partial charge in [0.15, 0.2) is 11.0 Å². The molecule has 3 aromatic rings. The summed E-state index contributed by atoms with van der Waals surface area (Å²) in [4.78, 5) is 12.0. The van der Waals surface area contributed by atoms with Crippen molar-refractivity contribution in [3.05, 3.63) is 59.9 Å². The first-order valence-electron chi connectivity index (χ1n) is 8.61. The Bertz CT molecular complexity index is 923. The molecule has 0 radical (unpaired) electrons. The van der Waals surface area contributed by atoms with Crippen molar-refractivity contribution in [2.24, 2.45) is 0 Å². The predicted octanol–water partition coefficient (Wildman–Crippen LogP) is 4.43. The summed E-state index contributed by atoms with van der Waals surface area (Å²) in [5.41, 5.74) is 2.73. The zero-order chi connectivity index (χ0) is 19.4. The van der Waals surface area contributed by atoms with Crippen LogP contribution in [0.1, 0.15) is 19.4 Å². The van der Waals surface area contributed by atoms with Gasteiger partial charge in [-0.15, -0.1) is 10.2 Å². The van der Waals surface area contributed by atoms with Crippen LogP contribution >= 0.6 is 11.8 Å². The number of thioether (sulfide) groups is 1. The normalized spacial score (nSPS) is 12.0. The molecule has 1 atom stereocenters. The minimum absolute atomic E-state index is 0.302. The third-order valence-electron chi connectivity index (χ3n) is 3.93. The van der Waals surface area contributed by atoms with Crippen LogP contribution in [0.5, 0.6) is 0 Å². The van der Waals surface area contributed by atoms with Gasteiger partial charge in [-0.25, -0.2) is 4.39 Å². The van der Waals surface area contributed by atoms with E-state index >= 15 is 0 Å². The van der Waals surface area contributed by atoms with Crippen LogP contribution in [0.15, 0.2) is 53.7 Å². The van der Waals surface area contributed by atoms with E-state index in [9.17, 15) is 9.18 Å². The Balaban J connectivity index is 2.04. The van der Waals surface area contributed by atoms with Gasteiger partial charge in [0.25, 0.3) is 0 Å². The highest BCUT2D eigenvalue weighted by Gasteiger charge is 2.22. The molecule has 0 N–H and O–H groups in total. The Morgan fingerprint density at radius 2 is 1.81 bits per heavy atom. The lowest BCUT2D eigenvalue weighted by atomic mass is 10.2. The van der Waals surface area contributed by atoms with E-state index in [1.54, 1.807) is 26.0 Å². The summed E-state index contributed by atoms with van der Waals surface area (Å²) in [6.07, 6.45) is 0. The Hall–Kier alpha value is -2.67. The first-order chi connectivity index (χ1) is 13.0. The number of aromatic nitrogens is 3. The molecular formula is C20H20FN3O2S. The van der Waals surface area contributed by atoms with Gasteiger partial charge in [-0.05, 0) is 57.2 Å². The molecule has 0 bridgehead atoms. The summed E-state index contributed by atoms with van der Waals surface area (Å²) in [7, 11) is 0. The van der Waals surface area contributed by atoms with E-state index in [0.29, 0.717) is 17.6 Å². The molecule has 0 aliphatic heterocycles. The molecule has 0 fully saturated rings. The topological polar surface area (TPSA) is 57.0 Å². The maximum atomic E-state index is 13.3. The van der Waals surface area contributed by atoms with E-state index in [1.165, 1.54) is 23.9 Å². The number of aryl methyl sites for hydroxylation is 1. The average molecular weight is 385 g/mol. The van der Waals surface area contributed by atoms with Crippen molar-refractivity contribution >= 4 is 17.7 Å². The number of hydrogen-bond donors (Lipinski definition) is 0. The fourth-order valence-corrected chi connectivity index (χ4v) is 3.39. The molecule has 3 rings (SSSR count). The Labute approximate surface area is 161 Å². The standard InChI is InChI=1S/C20H20FN3O2S/c1-4-26-19(25)14(3)27-20-23-22-18(15-7-9-16(21)10-8-15)24(20)17-11-5-13(2)6-12-17/h5-12,14H,4H2,1-3H3/t14-/m0/s1. The number of hydrogen-bond acceptors (Lipinski definition) is 5. The first-order valence-corrected chi connectivity index (χ1v) is 9.49. The number of rotatable bonds is 6. The monoisotopic (exact) mass is 385 g/mol. The van der Waals surface area contributed by atoms with Gasteiger partial charge in [-0.1, -0.05) is 29.5 Å². The number of carbonyl (C=O) groups excluding carboxylic acids is 1. The lowest BCUT2D eigenvalue weighted by molar-refractivity contribution is -0.142. The average Bonchev–Trinajstić information content (AvgIpc) is 3.06. The Kier molecular flexibility index (Phi) is 5.91. The zero-order valence-corrected chi connectivity index (χ0v) is 16.2. The van der Waals surface area contributed by atoms with Crippen LogP contribution in [0.3, 0.4) is 0 Å². The fraction of sp³-hybridized carbons (Fsp3) is 0.250. The lowest BCUT2D eigenvalue weighted by Gasteiger charge is -2.13. The van der Waals surface area contributed by atoms with Gasteiger partial charge in [0.05, 0.1) is 6.61 Å². The van der Waals surface area contributed by atoms with Crippen LogP contribution in [-0.2, 0) is 9.53 Å². The largest absolute Gasteiger partial charge is 0.465 e. The van der Waals surface area contributed by atoms with Crippen LogP contribution in [0.25, 0.3) is 17.1 Å². The smallest absolute Gasteiger partial charge is 0.319 e. The molecule has 0 saturated carbocycles. The lowest BCUT2D eigenvalue weighted by Crippen LogP contribution is -2.17. The molecule has 1 heterocycles. The quantitative estimate of drug-likeness (QED) is 0.464. The van der Waals surface area contributed by atoms with Gasteiger partial charge in [0, 0.05) is 11.3 Å². The number of esters is 1. The summed E-state index contributed by atoms with van der Waals surface area (Å²) in [6, 6.07) is 14.0.